The minimum absolute atomic E-state index is 0. The van der Waals surface area contributed by atoms with Crippen LogP contribution in [0.3, 0.4) is 0 Å². The van der Waals surface area contributed by atoms with Crippen LogP contribution in [0.1, 0.15) is 29.5 Å². The summed E-state index contributed by atoms with van der Waals surface area (Å²) < 4.78 is 11.4. The van der Waals surface area contributed by atoms with E-state index >= 15 is 0 Å². The summed E-state index contributed by atoms with van der Waals surface area (Å²) in [6.07, 6.45) is 5.00. The number of carbonyl (C=O) groups excluding carboxylic acids is 1. The molecular weight excluding hydrogens is 523 g/mol. The Hall–Kier alpha value is -2.14. The summed E-state index contributed by atoms with van der Waals surface area (Å²) in [5, 5.41) is 26.1. The van der Waals surface area contributed by atoms with Crippen LogP contribution in [0.25, 0.3) is 5.65 Å². The molecular formula is C20H24ClInN6O3. The van der Waals surface area contributed by atoms with Gasteiger partial charge in [-0.1, -0.05) is 0 Å². The molecule has 0 saturated carbocycles. The number of hydrogen-bond donors (Lipinski definition) is 3. The Morgan fingerprint density at radius 1 is 1.32 bits per heavy atom. The summed E-state index contributed by atoms with van der Waals surface area (Å²) in [7, 11) is 0. The molecule has 31 heavy (non-hydrogen) atoms. The quantitative estimate of drug-likeness (QED) is 0.391. The Morgan fingerprint density at radius 2 is 2.16 bits per heavy atom. The molecule has 4 rings (SSSR count). The van der Waals surface area contributed by atoms with Crippen molar-refractivity contribution in [3.63, 3.8) is 0 Å². The molecule has 0 spiro atoms. The molecule has 1 atom stereocenters. The van der Waals surface area contributed by atoms with Crippen LogP contribution in [-0.2, 0) is 10.7 Å². The van der Waals surface area contributed by atoms with E-state index in [-0.39, 0.29) is 31.5 Å². The molecule has 1 aliphatic rings. The number of imidazole rings is 1. The molecule has 4 heterocycles. The average molecular weight is 547 g/mol. The van der Waals surface area contributed by atoms with Crippen molar-refractivity contribution in [1.82, 2.24) is 24.5 Å². The summed E-state index contributed by atoms with van der Waals surface area (Å²) in [6, 6.07) is 7.52. The van der Waals surface area contributed by atoms with E-state index in [9.17, 15) is 9.90 Å². The number of halogens is 1. The first-order valence-electron chi connectivity index (χ1n) is 9.91. The van der Waals surface area contributed by atoms with Crippen LogP contribution >= 0.6 is 12.4 Å². The van der Waals surface area contributed by atoms with Crippen molar-refractivity contribution in [3.05, 3.63) is 63.8 Å². The van der Waals surface area contributed by atoms with Crippen LogP contribution < -0.4 is 5.32 Å². The minimum atomic E-state index is -2.49. The monoisotopic (exact) mass is 546 g/mol. The van der Waals surface area contributed by atoms with Crippen molar-refractivity contribution >= 4 is 51.4 Å². The van der Waals surface area contributed by atoms with E-state index in [1.165, 1.54) is 0 Å². The summed E-state index contributed by atoms with van der Waals surface area (Å²) in [5.74, 6) is -0.204. The molecule has 0 bridgehead atoms. The maximum Gasteiger partial charge on any atom is -0.147 e. The molecule has 11 heteroatoms. The van der Waals surface area contributed by atoms with Crippen LogP contribution in [0.4, 0.5) is 0 Å². The van der Waals surface area contributed by atoms with Crippen LogP contribution in [0.15, 0.2) is 55.4 Å². The SMILES string of the molecule is CCC1=[N][In]([CH2]c2ccnn2CC(O)CO)[CH]=C1NC(=O)c1cnc2ccccn12.Cl. The van der Waals surface area contributed by atoms with Crippen molar-refractivity contribution in [2.45, 2.75) is 30.2 Å². The number of pyridine rings is 1. The van der Waals surface area contributed by atoms with Gasteiger partial charge in [0.05, 0.1) is 0 Å². The first kappa shape index (κ1) is 23.5. The summed E-state index contributed by atoms with van der Waals surface area (Å²) in [6.45, 7) is 1.98. The average Bonchev–Trinajstić information content (AvgIpc) is 3.47. The van der Waals surface area contributed by atoms with Crippen LogP contribution in [0.2, 0.25) is 0 Å². The molecule has 1 unspecified atom stereocenters. The Bertz CT molecular complexity index is 1130. The molecule has 1 amide bonds. The first-order chi connectivity index (χ1) is 14.6. The van der Waals surface area contributed by atoms with E-state index in [1.807, 2.05) is 37.4 Å². The molecule has 0 aromatic carbocycles. The normalized spacial score (nSPS) is 14.2. The number of aliphatic hydroxyl groups excluding tert-OH is 2. The zero-order chi connectivity index (χ0) is 21.1. The second kappa shape index (κ2) is 10.4. The molecule has 0 aliphatic carbocycles. The topological polar surface area (TPSA) is 117 Å². The number of allylic oxidation sites excluding steroid dienone is 1. The number of rotatable bonds is 8. The number of nitrogens with zero attached hydrogens (tertiary/aromatic N) is 5. The Labute approximate surface area is 193 Å². The molecule has 162 valence electrons. The zero-order valence-corrected chi connectivity index (χ0v) is 21.2. The Kier molecular flexibility index (Phi) is 7.93. The second-order valence-corrected chi connectivity index (χ2v) is 13.2. The number of carbonyl (C=O) groups is 1. The second-order valence-electron chi connectivity index (χ2n) is 7.15. The molecule has 3 aromatic heterocycles. The van der Waals surface area contributed by atoms with Crippen molar-refractivity contribution in [2.75, 3.05) is 6.61 Å². The number of aliphatic hydroxyl groups is 2. The van der Waals surface area contributed by atoms with Crippen LogP contribution in [-0.4, -0.2) is 75.4 Å². The third-order valence-corrected chi connectivity index (χ3v) is 11.3. The predicted octanol–water partition coefficient (Wildman–Crippen LogP) is 1.10. The number of fused-ring (bicyclic) bond motifs is 1. The number of amides is 1. The van der Waals surface area contributed by atoms with E-state index in [0.717, 1.165) is 33.3 Å². The summed E-state index contributed by atoms with van der Waals surface area (Å²) in [4.78, 5) is 17.1. The maximum absolute atomic E-state index is 12.9. The van der Waals surface area contributed by atoms with E-state index in [2.05, 4.69) is 19.2 Å². The fourth-order valence-corrected chi connectivity index (χ4v) is 10.5. The van der Waals surface area contributed by atoms with Crippen LogP contribution in [0, 0.1) is 0 Å². The van der Waals surface area contributed by atoms with Crippen molar-refractivity contribution in [1.29, 1.82) is 0 Å². The summed E-state index contributed by atoms with van der Waals surface area (Å²) in [5.41, 5.74) is 3.93. The summed E-state index contributed by atoms with van der Waals surface area (Å²) >= 11 is -2.49. The van der Waals surface area contributed by atoms with Gasteiger partial charge in [-0.25, -0.2) is 0 Å². The maximum atomic E-state index is 12.9. The molecule has 0 fully saturated rings. The smallest absolute Gasteiger partial charge is 0.147 e. The minimum Gasteiger partial charge on any atom is -0.147 e. The fourth-order valence-electron chi connectivity index (χ4n) is 3.55. The zero-order valence-electron chi connectivity index (χ0n) is 17.0. The Morgan fingerprint density at radius 3 is 2.94 bits per heavy atom. The van der Waals surface area contributed by atoms with Gasteiger partial charge < -0.3 is 0 Å². The van der Waals surface area contributed by atoms with Gasteiger partial charge in [0.2, 0.25) is 0 Å². The van der Waals surface area contributed by atoms with Gasteiger partial charge in [-0.05, 0) is 0 Å². The molecule has 0 radical (unpaired) electrons. The van der Waals surface area contributed by atoms with E-state index in [4.69, 9.17) is 8.09 Å². The first-order valence-corrected chi connectivity index (χ1v) is 15.6. The Balaban J connectivity index is 0.00000272. The van der Waals surface area contributed by atoms with Gasteiger partial charge in [0.15, 0.2) is 0 Å². The molecule has 1 aliphatic heterocycles. The van der Waals surface area contributed by atoms with Gasteiger partial charge >= 0.3 is 182 Å². The van der Waals surface area contributed by atoms with E-state index < -0.39 is 27.8 Å². The van der Waals surface area contributed by atoms with Crippen molar-refractivity contribution in [2.24, 2.45) is 2.98 Å². The van der Waals surface area contributed by atoms with E-state index in [1.54, 1.807) is 21.5 Å². The standard InChI is InChI=1S/C13H12N4O.C7H11N2O2.ClH.In/c1-3-10(14)9(2)16-13(18)11-8-15-12-6-4-5-7-17(11)12;1-6-2-3-8-9(6)4-7(11)5-10;;/h2,4-8H,3H2,1H3,(H,16,18);2-3,7,10-11H,1,4-5H2;1H;/q-1;;;+1. The van der Waals surface area contributed by atoms with Gasteiger partial charge in [-0.15, -0.1) is 12.4 Å². The third-order valence-electron chi connectivity index (χ3n) is 5.04. The number of hydrogen-bond acceptors (Lipinski definition) is 6. The van der Waals surface area contributed by atoms with E-state index in [0.29, 0.717) is 5.69 Å². The molecule has 9 nitrogen and oxygen atoms in total. The fraction of sp³-hybridized carbons (Fsp3) is 0.300. The van der Waals surface area contributed by atoms with Crippen molar-refractivity contribution in [3.8, 4) is 0 Å². The number of aromatic nitrogens is 4. The van der Waals surface area contributed by atoms with Gasteiger partial charge in [0.1, 0.15) is 0 Å². The molecule has 3 aromatic rings. The third kappa shape index (κ3) is 5.20. The van der Waals surface area contributed by atoms with Gasteiger partial charge in [-0.2, -0.15) is 0 Å². The number of nitrogens with one attached hydrogen (secondary N) is 1. The molecule has 3 N–H and O–H groups in total. The largest absolute Gasteiger partial charge is 0.147 e. The van der Waals surface area contributed by atoms with Crippen molar-refractivity contribution < 1.29 is 15.0 Å². The molecule has 0 saturated heterocycles. The van der Waals surface area contributed by atoms with Gasteiger partial charge in [-0.3, -0.25) is 0 Å². The van der Waals surface area contributed by atoms with Gasteiger partial charge in [0, 0.05) is 0 Å². The van der Waals surface area contributed by atoms with Gasteiger partial charge in [0.25, 0.3) is 0 Å². The predicted molar refractivity (Wildman–Crippen MR) is 120 cm³/mol. The van der Waals surface area contributed by atoms with Crippen LogP contribution in [0.5, 0.6) is 0 Å².